The van der Waals surface area contributed by atoms with E-state index in [1.165, 1.54) is 0 Å². The molecular weight excluding hydrogens is 246 g/mol. The van der Waals surface area contributed by atoms with Crippen LogP contribution in [0.4, 0.5) is 0 Å². The van der Waals surface area contributed by atoms with Crippen LogP contribution in [0.5, 0.6) is 0 Å². The van der Waals surface area contributed by atoms with E-state index in [9.17, 15) is 4.79 Å². The molecule has 0 amide bonds. The second-order valence-electron chi connectivity index (χ2n) is 4.24. The second kappa shape index (κ2) is 4.45. The minimum absolute atomic E-state index is 0.188. The Bertz CT molecular complexity index is 261. The Morgan fingerprint density at radius 3 is 2.86 bits per heavy atom. The first-order valence-corrected chi connectivity index (χ1v) is 5.52. The molecule has 1 rings (SSSR count). The lowest BCUT2D eigenvalue weighted by molar-refractivity contribution is -0.139. The van der Waals surface area contributed by atoms with Crippen LogP contribution in [-0.4, -0.2) is 34.6 Å². The zero-order chi connectivity index (χ0) is 10.8. The van der Waals surface area contributed by atoms with Crippen molar-refractivity contribution in [3.63, 3.8) is 0 Å². The standard InChI is InChI=1S/C10H16BrNO2/c1-10(2,6-9(13)14)12-5-3-4-8(11)7-12/h4H,3,5-7H2,1-2H3,(H,13,14). The van der Waals surface area contributed by atoms with E-state index in [1.54, 1.807) is 0 Å². The topological polar surface area (TPSA) is 40.5 Å². The summed E-state index contributed by atoms with van der Waals surface area (Å²) >= 11 is 3.46. The minimum atomic E-state index is -0.735. The predicted molar refractivity (Wildman–Crippen MR) is 59.5 cm³/mol. The maximum Gasteiger partial charge on any atom is 0.305 e. The monoisotopic (exact) mass is 261 g/mol. The van der Waals surface area contributed by atoms with Crippen molar-refractivity contribution in [1.82, 2.24) is 4.90 Å². The number of carbonyl (C=O) groups is 1. The highest BCUT2D eigenvalue weighted by molar-refractivity contribution is 9.11. The molecule has 1 aliphatic rings. The van der Waals surface area contributed by atoms with Gasteiger partial charge in [-0.15, -0.1) is 0 Å². The third-order valence-corrected chi connectivity index (χ3v) is 3.12. The van der Waals surface area contributed by atoms with Crippen molar-refractivity contribution in [3.05, 3.63) is 10.6 Å². The summed E-state index contributed by atoms with van der Waals surface area (Å²) in [7, 11) is 0. The molecule has 1 N–H and O–H groups in total. The van der Waals surface area contributed by atoms with Crippen LogP contribution in [0.3, 0.4) is 0 Å². The molecule has 0 bridgehead atoms. The zero-order valence-electron chi connectivity index (χ0n) is 8.59. The summed E-state index contributed by atoms with van der Waals surface area (Å²) in [6.07, 6.45) is 3.32. The third kappa shape index (κ3) is 3.10. The molecule has 0 radical (unpaired) electrons. The van der Waals surface area contributed by atoms with E-state index in [0.717, 1.165) is 24.0 Å². The molecule has 80 valence electrons. The fraction of sp³-hybridized carbons (Fsp3) is 0.700. The molecule has 0 saturated carbocycles. The van der Waals surface area contributed by atoms with Crippen LogP contribution >= 0.6 is 15.9 Å². The van der Waals surface area contributed by atoms with E-state index in [-0.39, 0.29) is 12.0 Å². The number of carboxylic acids is 1. The van der Waals surface area contributed by atoms with Crippen LogP contribution in [0, 0.1) is 0 Å². The van der Waals surface area contributed by atoms with Gasteiger partial charge >= 0.3 is 5.97 Å². The molecule has 0 aromatic rings. The Morgan fingerprint density at radius 1 is 1.71 bits per heavy atom. The van der Waals surface area contributed by atoms with E-state index in [1.807, 2.05) is 13.8 Å². The maximum atomic E-state index is 10.7. The number of aliphatic carboxylic acids is 1. The molecule has 14 heavy (non-hydrogen) atoms. The van der Waals surface area contributed by atoms with Gasteiger partial charge in [0.05, 0.1) is 6.42 Å². The highest BCUT2D eigenvalue weighted by Gasteiger charge is 2.30. The van der Waals surface area contributed by atoms with Gasteiger partial charge in [-0.2, -0.15) is 0 Å². The predicted octanol–water partition coefficient (Wildman–Crippen LogP) is 2.22. The Kier molecular flexibility index (Phi) is 3.72. The molecule has 0 atom stereocenters. The first-order valence-electron chi connectivity index (χ1n) is 4.73. The van der Waals surface area contributed by atoms with Gasteiger partial charge < -0.3 is 5.11 Å². The molecule has 1 heterocycles. The average Bonchev–Trinajstić information content (AvgIpc) is 2.01. The smallest absolute Gasteiger partial charge is 0.305 e. The lowest BCUT2D eigenvalue weighted by Gasteiger charge is -2.39. The first kappa shape index (κ1) is 11.7. The van der Waals surface area contributed by atoms with Crippen LogP contribution in [0.2, 0.25) is 0 Å². The number of hydrogen-bond donors (Lipinski definition) is 1. The van der Waals surface area contributed by atoms with Gasteiger partial charge in [-0.25, -0.2) is 0 Å². The molecule has 3 nitrogen and oxygen atoms in total. The van der Waals surface area contributed by atoms with Crippen LogP contribution in [0.15, 0.2) is 10.6 Å². The summed E-state index contributed by atoms with van der Waals surface area (Å²) in [5.74, 6) is -0.735. The number of rotatable bonds is 3. The summed E-state index contributed by atoms with van der Waals surface area (Å²) in [6.45, 7) is 5.72. The van der Waals surface area contributed by atoms with E-state index >= 15 is 0 Å². The lowest BCUT2D eigenvalue weighted by Crippen LogP contribution is -2.47. The van der Waals surface area contributed by atoms with Crippen LogP contribution in [0.25, 0.3) is 0 Å². The Balaban J connectivity index is 2.63. The minimum Gasteiger partial charge on any atom is -0.481 e. The van der Waals surface area contributed by atoms with Crippen molar-refractivity contribution < 1.29 is 9.90 Å². The van der Waals surface area contributed by atoms with Gasteiger partial charge in [0.15, 0.2) is 0 Å². The van der Waals surface area contributed by atoms with Crippen molar-refractivity contribution in [2.24, 2.45) is 0 Å². The molecule has 0 aromatic carbocycles. The molecule has 0 unspecified atom stereocenters. The van der Waals surface area contributed by atoms with Crippen molar-refractivity contribution >= 4 is 21.9 Å². The highest BCUT2D eigenvalue weighted by Crippen LogP contribution is 2.25. The van der Waals surface area contributed by atoms with Crippen LogP contribution < -0.4 is 0 Å². The van der Waals surface area contributed by atoms with Crippen molar-refractivity contribution in [2.45, 2.75) is 32.2 Å². The fourth-order valence-corrected chi connectivity index (χ4v) is 2.23. The van der Waals surface area contributed by atoms with E-state index < -0.39 is 5.97 Å². The van der Waals surface area contributed by atoms with Gasteiger partial charge in [0, 0.05) is 23.1 Å². The van der Waals surface area contributed by atoms with Crippen molar-refractivity contribution in [3.8, 4) is 0 Å². The largest absolute Gasteiger partial charge is 0.481 e. The molecule has 1 aliphatic heterocycles. The lowest BCUT2D eigenvalue weighted by atomic mass is 9.96. The quantitative estimate of drug-likeness (QED) is 0.847. The van der Waals surface area contributed by atoms with Crippen molar-refractivity contribution in [1.29, 1.82) is 0 Å². The summed E-state index contributed by atoms with van der Waals surface area (Å²) in [5, 5.41) is 8.79. The van der Waals surface area contributed by atoms with Crippen LogP contribution in [-0.2, 0) is 4.79 Å². The molecule has 0 saturated heterocycles. The van der Waals surface area contributed by atoms with Gasteiger partial charge in [-0.3, -0.25) is 9.69 Å². The number of nitrogens with zero attached hydrogens (tertiary/aromatic N) is 1. The van der Waals surface area contributed by atoms with Crippen molar-refractivity contribution in [2.75, 3.05) is 13.1 Å². The fourth-order valence-electron chi connectivity index (χ4n) is 1.70. The zero-order valence-corrected chi connectivity index (χ0v) is 10.2. The second-order valence-corrected chi connectivity index (χ2v) is 5.26. The van der Waals surface area contributed by atoms with E-state index in [2.05, 4.69) is 26.9 Å². The maximum absolute atomic E-state index is 10.7. The molecule has 0 spiro atoms. The van der Waals surface area contributed by atoms with E-state index in [0.29, 0.717) is 0 Å². The average molecular weight is 262 g/mol. The first-order chi connectivity index (χ1) is 6.42. The van der Waals surface area contributed by atoms with Gasteiger partial charge in [0.1, 0.15) is 0 Å². The summed E-state index contributed by atoms with van der Waals surface area (Å²) in [5.41, 5.74) is -0.265. The Morgan fingerprint density at radius 2 is 2.36 bits per heavy atom. The van der Waals surface area contributed by atoms with E-state index in [4.69, 9.17) is 5.11 Å². The van der Waals surface area contributed by atoms with Gasteiger partial charge in [-0.05, 0) is 20.3 Å². The summed E-state index contributed by atoms with van der Waals surface area (Å²) in [6, 6.07) is 0. The van der Waals surface area contributed by atoms with Crippen LogP contribution in [0.1, 0.15) is 26.7 Å². The van der Waals surface area contributed by atoms with Gasteiger partial charge in [0.2, 0.25) is 0 Å². The highest BCUT2D eigenvalue weighted by atomic mass is 79.9. The molecule has 0 fully saturated rings. The Labute approximate surface area is 92.9 Å². The molecule has 4 heteroatoms. The molecule has 0 aromatic heterocycles. The number of carboxylic acid groups (broad SMARTS) is 1. The van der Waals surface area contributed by atoms with Gasteiger partial charge in [-0.1, -0.05) is 22.0 Å². The number of halogens is 1. The van der Waals surface area contributed by atoms with Gasteiger partial charge in [0.25, 0.3) is 0 Å². The molecular formula is C10H16BrNO2. The Hall–Kier alpha value is -0.350. The number of hydrogen-bond acceptors (Lipinski definition) is 2. The SMILES string of the molecule is CC(C)(CC(=O)O)N1CCC=C(Br)C1. The molecule has 0 aliphatic carbocycles. The third-order valence-electron chi connectivity index (χ3n) is 2.55. The normalized spacial score (nSPS) is 19.2. The summed E-state index contributed by atoms with van der Waals surface area (Å²) < 4.78 is 1.15. The summed E-state index contributed by atoms with van der Waals surface area (Å²) in [4.78, 5) is 12.9.